The van der Waals surface area contributed by atoms with Gasteiger partial charge in [-0.05, 0) is 93.7 Å². The lowest BCUT2D eigenvalue weighted by atomic mass is 9.85. The van der Waals surface area contributed by atoms with Gasteiger partial charge in [-0.1, -0.05) is 120 Å². The van der Waals surface area contributed by atoms with Crippen molar-refractivity contribution in [3.63, 3.8) is 0 Å². The smallest absolute Gasteiger partial charge is 0.0462 e. The number of anilines is 3. The Morgan fingerprint density at radius 3 is 1.56 bits per heavy atom. The molecule has 0 bridgehead atoms. The van der Waals surface area contributed by atoms with Gasteiger partial charge in [-0.3, -0.25) is 0 Å². The van der Waals surface area contributed by atoms with Crippen LogP contribution in [0.3, 0.4) is 0 Å². The maximum Gasteiger partial charge on any atom is 0.0462 e. The number of para-hydroxylation sites is 2. The zero-order valence-corrected chi connectivity index (χ0v) is 26.4. The average molecular weight is 572 g/mol. The third-order valence-corrected chi connectivity index (χ3v) is 10.2. The van der Waals surface area contributed by atoms with Crippen LogP contribution in [0.25, 0.3) is 11.1 Å². The molecule has 1 aliphatic rings. The first kappa shape index (κ1) is 27.8. The van der Waals surface area contributed by atoms with Crippen LogP contribution in [0.2, 0.25) is 0 Å². The van der Waals surface area contributed by atoms with Gasteiger partial charge in [0, 0.05) is 36.6 Å². The fourth-order valence-electron chi connectivity index (χ4n) is 5.19. The van der Waals surface area contributed by atoms with Crippen LogP contribution in [0.4, 0.5) is 17.1 Å². The largest absolute Gasteiger partial charge is 0.311 e. The molecule has 1 heterocycles. The minimum atomic E-state index is 0.0583. The molecule has 0 aromatic heterocycles. The SMILES string of the molecule is CC(C)(C)c1ccc2c(c1)Sc1c(cc(C(C)(C)C)cc1-c1ccc(N(c3ccccc3)c3ccccc3)cc1)S2. The summed E-state index contributed by atoms with van der Waals surface area (Å²) < 4.78 is 0. The van der Waals surface area contributed by atoms with Gasteiger partial charge in [0.2, 0.25) is 0 Å². The lowest BCUT2D eigenvalue weighted by Gasteiger charge is -2.28. The molecule has 1 nitrogen and oxygen atoms in total. The van der Waals surface area contributed by atoms with Gasteiger partial charge in [-0.25, -0.2) is 0 Å². The molecule has 3 heteroatoms. The molecule has 1 aliphatic heterocycles. The zero-order valence-electron chi connectivity index (χ0n) is 24.7. The van der Waals surface area contributed by atoms with Gasteiger partial charge >= 0.3 is 0 Å². The number of fused-ring (bicyclic) bond motifs is 2. The first-order valence-corrected chi connectivity index (χ1v) is 15.9. The van der Waals surface area contributed by atoms with E-state index in [-0.39, 0.29) is 10.8 Å². The Morgan fingerprint density at radius 2 is 1.00 bits per heavy atom. The highest BCUT2D eigenvalue weighted by atomic mass is 32.2. The molecule has 0 saturated carbocycles. The van der Waals surface area contributed by atoms with Gasteiger partial charge in [-0.15, -0.1) is 0 Å². The molecular weight excluding hydrogens is 535 g/mol. The minimum Gasteiger partial charge on any atom is -0.311 e. The lowest BCUT2D eigenvalue weighted by Crippen LogP contribution is -2.13. The maximum absolute atomic E-state index is 2.42. The standard InChI is InChI=1S/C38H37NS2/c1-37(2,3)27-19-22-33-34(24-27)41-36-32(23-28(38(4,5)6)25-35(36)40-33)26-17-20-31(21-18-26)39(29-13-9-7-10-14-29)30-15-11-8-12-16-30/h7-25H,1-6H3. The molecule has 0 spiro atoms. The summed E-state index contributed by atoms with van der Waals surface area (Å²) in [7, 11) is 0. The fourth-order valence-corrected chi connectivity index (χ4v) is 7.63. The Bertz CT molecular complexity index is 1640. The van der Waals surface area contributed by atoms with Gasteiger partial charge in [0.15, 0.2) is 0 Å². The van der Waals surface area contributed by atoms with Crippen LogP contribution in [-0.4, -0.2) is 0 Å². The predicted octanol–water partition coefficient (Wildman–Crippen LogP) is 12.0. The molecule has 0 fully saturated rings. The number of hydrogen-bond acceptors (Lipinski definition) is 3. The third kappa shape index (κ3) is 5.71. The average Bonchev–Trinajstić information content (AvgIpc) is 2.96. The molecule has 5 aromatic carbocycles. The van der Waals surface area contributed by atoms with Crippen LogP contribution in [-0.2, 0) is 10.8 Å². The molecule has 0 unspecified atom stereocenters. The predicted molar refractivity (Wildman–Crippen MR) is 179 cm³/mol. The summed E-state index contributed by atoms with van der Waals surface area (Å²) in [6, 6.07) is 42.2. The minimum absolute atomic E-state index is 0.0583. The Labute approximate surface area is 254 Å². The number of hydrogen-bond donors (Lipinski definition) is 0. The molecule has 206 valence electrons. The van der Waals surface area contributed by atoms with Crippen molar-refractivity contribution in [3.8, 4) is 11.1 Å². The summed E-state index contributed by atoms with van der Waals surface area (Å²) in [5.74, 6) is 0. The number of benzene rings is 5. The van der Waals surface area contributed by atoms with Crippen molar-refractivity contribution < 1.29 is 0 Å². The van der Waals surface area contributed by atoms with E-state index in [1.54, 1.807) is 0 Å². The molecule has 0 N–H and O–H groups in total. The van der Waals surface area contributed by atoms with Gasteiger partial charge in [0.05, 0.1) is 0 Å². The molecule has 41 heavy (non-hydrogen) atoms. The first-order valence-electron chi connectivity index (χ1n) is 14.3. The Hall–Kier alpha value is -3.40. The molecule has 0 amide bonds. The van der Waals surface area contributed by atoms with E-state index in [9.17, 15) is 0 Å². The van der Waals surface area contributed by atoms with Crippen molar-refractivity contribution in [2.45, 2.75) is 72.0 Å². The highest BCUT2D eigenvalue weighted by Gasteiger charge is 2.26. The van der Waals surface area contributed by atoms with Crippen molar-refractivity contribution in [2.75, 3.05) is 4.90 Å². The summed E-state index contributed by atoms with van der Waals surface area (Å²) in [6.07, 6.45) is 0. The van der Waals surface area contributed by atoms with Crippen molar-refractivity contribution in [1.29, 1.82) is 0 Å². The number of nitrogens with zero attached hydrogens (tertiary/aromatic N) is 1. The van der Waals surface area contributed by atoms with Crippen LogP contribution >= 0.6 is 23.5 Å². The molecular formula is C38H37NS2. The van der Waals surface area contributed by atoms with Crippen molar-refractivity contribution >= 4 is 40.6 Å². The third-order valence-electron chi connectivity index (χ3n) is 7.63. The van der Waals surface area contributed by atoms with Crippen LogP contribution in [0, 0.1) is 0 Å². The monoisotopic (exact) mass is 571 g/mol. The normalized spacial score (nSPS) is 12.9. The topological polar surface area (TPSA) is 3.24 Å². The second-order valence-electron chi connectivity index (χ2n) is 12.8. The summed E-state index contributed by atoms with van der Waals surface area (Å²) in [5.41, 5.74) is 8.94. The summed E-state index contributed by atoms with van der Waals surface area (Å²) >= 11 is 3.84. The van der Waals surface area contributed by atoms with E-state index >= 15 is 0 Å². The van der Waals surface area contributed by atoms with Crippen LogP contribution < -0.4 is 4.90 Å². The Balaban J connectivity index is 1.44. The van der Waals surface area contributed by atoms with Crippen LogP contribution in [0.15, 0.2) is 135 Å². The fraction of sp³-hybridized carbons (Fsp3) is 0.211. The van der Waals surface area contributed by atoms with Crippen LogP contribution in [0.1, 0.15) is 52.7 Å². The van der Waals surface area contributed by atoms with Gasteiger partial charge in [0.25, 0.3) is 0 Å². The summed E-state index contributed by atoms with van der Waals surface area (Å²) in [6.45, 7) is 13.8. The van der Waals surface area contributed by atoms with E-state index in [1.165, 1.54) is 41.8 Å². The highest BCUT2D eigenvalue weighted by molar-refractivity contribution is 8.05. The molecule has 0 atom stereocenters. The Morgan fingerprint density at radius 1 is 0.463 bits per heavy atom. The molecule has 0 saturated heterocycles. The van der Waals surface area contributed by atoms with Gasteiger partial charge in [-0.2, -0.15) is 0 Å². The van der Waals surface area contributed by atoms with Crippen molar-refractivity contribution in [1.82, 2.24) is 0 Å². The second-order valence-corrected chi connectivity index (χ2v) is 14.9. The van der Waals surface area contributed by atoms with E-state index in [2.05, 4.69) is 162 Å². The lowest BCUT2D eigenvalue weighted by molar-refractivity contribution is 0.586. The quantitative estimate of drug-likeness (QED) is 0.207. The van der Waals surface area contributed by atoms with Gasteiger partial charge in [0.1, 0.15) is 0 Å². The molecule has 0 radical (unpaired) electrons. The first-order chi connectivity index (χ1) is 19.6. The Kier molecular flexibility index (Phi) is 7.30. The molecule has 5 aromatic rings. The van der Waals surface area contributed by atoms with E-state index < -0.39 is 0 Å². The van der Waals surface area contributed by atoms with E-state index in [0.717, 1.165) is 17.1 Å². The van der Waals surface area contributed by atoms with E-state index in [0.29, 0.717) is 0 Å². The zero-order chi connectivity index (χ0) is 28.8. The molecule has 0 aliphatic carbocycles. The molecule has 6 rings (SSSR count). The second kappa shape index (κ2) is 10.8. The number of rotatable bonds is 4. The van der Waals surface area contributed by atoms with E-state index in [1.807, 2.05) is 23.5 Å². The van der Waals surface area contributed by atoms with Crippen molar-refractivity contribution in [3.05, 3.63) is 126 Å². The van der Waals surface area contributed by atoms with Gasteiger partial charge < -0.3 is 4.90 Å². The van der Waals surface area contributed by atoms with Crippen molar-refractivity contribution in [2.24, 2.45) is 0 Å². The van der Waals surface area contributed by atoms with E-state index in [4.69, 9.17) is 0 Å². The van der Waals surface area contributed by atoms with Crippen LogP contribution in [0.5, 0.6) is 0 Å². The summed E-state index contributed by atoms with van der Waals surface area (Å²) in [4.78, 5) is 7.74. The highest BCUT2D eigenvalue weighted by Crippen LogP contribution is 2.54. The summed E-state index contributed by atoms with van der Waals surface area (Å²) in [5, 5.41) is 0. The maximum atomic E-state index is 2.42.